The lowest BCUT2D eigenvalue weighted by atomic mass is 10.1. The fourth-order valence-corrected chi connectivity index (χ4v) is 2.75. The molecule has 2 N–H and O–H groups in total. The molecule has 0 radical (unpaired) electrons. The molecule has 1 heterocycles. The van der Waals surface area contributed by atoms with Crippen LogP contribution in [-0.2, 0) is 27.4 Å². The van der Waals surface area contributed by atoms with Crippen molar-refractivity contribution in [1.82, 2.24) is 0 Å². The van der Waals surface area contributed by atoms with Crippen LogP contribution in [0.1, 0.15) is 11.1 Å². The van der Waals surface area contributed by atoms with Crippen molar-refractivity contribution in [2.75, 3.05) is 13.2 Å². The summed E-state index contributed by atoms with van der Waals surface area (Å²) in [5.41, 5.74) is 2.07. The van der Waals surface area contributed by atoms with Gasteiger partial charge in [0.2, 0.25) is 0 Å². The van der Waals surface area contributed by atoms with Crippen LogP contribution in [-0.4, -0.2) is 47.8 Å². The van der Waals surface area contributed by atoms with E-state index in [2.05, 4.69) is 0 Å². The second-order valence-electron chi connectivity index (χ2n) is 6.15. The summed E-state index contributed by atoms with van der Waals surface area (Å²) in [6.07, 6.45) is -1.93. The predicted octanol–water partition coefficient (Wildman–Crippen LogP) is 1.91. The Morgan fingerprint density at radius 1 is 0.920 bits per heavy atom. The van der Waals surface area contributed by atoms with Crippen LogP contribution in [0.15, 0.2) is 60.7 Å². The third-order valence-corrected chi connectivity index (χ3v) is 4.19. The zero-order chi connectivity index (χ0) is 17.5. The van der Waals surface area contributed by atoms with Crippen LogP contribution in [0.2, 0.25) is 0 Å². The first-order chi connectivity index (χ1) is 12.3. The number of hydrogen-bond donors (Lipinski definition) is 2. The summed E-state index contributed by atoms with van der Waals surface area (Å²) >= 11 is 0. The zero-order valence-corrected chi connectivity index (χ0v) is 14.0. The van der Waals surface area contributed by atoms with E-state index in [9.17, 15) is 10.2 Å². The Morgan fingerprint density at radius 3 is 2.08 bits per heavy atom. The SMILES string of the molecule is OC[C@@H]1O[C@H]1[C@@H](OCc1ccccc1)[C@H](O)COCc1ccccc1. The first-order valence-electron chi connectivity index (χ1n) is 8.49. The monoisotopic (exact) mass is 344 g/mol. The van der Waals surface area contributed by atoms with Gasteiger partial charge in [-0.15, -0.1) is 0 Å². The molecule has 3 rings (SSSR count). The van der Waals surface area contributed by atoms with Crippen molar-refractivity contribution in [2.45, 2.75) is 37.6 Å². The highest BCUT2D eigenvalue weighted by Gasteiger charge is 2.48. The minimum Gasteiger partial charge on any atom is -0.394 e. The summed E-state index contributed by atoms with van der Waals surface area (Å²) in [5, 5.41) is 19.7. The molecule has 5 nitrogen and oxygen atoms in total. The molecule has 0 aromatic heterocycles. The molecule has 0 aliphatic carbocycles. The maximum atomic E-state index is 10.5. The second-order valence-corrected chi connectivity index (χ2v) is 6.15. The van der Waals surface area contributed by atoms with Crippen LogP contribution < -0.4 is 0 Å². The van der Waals surface area contributed by atoms with Gasteiger partial charge in [-0.1, -0.05) is 60.7 Å². The third kappa shape index (κ3) is 5.36. The van der Waals surface area contributed by atoms with Gasteiger partial charge in [0.15, 0.2) is 0 Å². The predicted molar refractivity (Wildman–Crippen MR) is 92.9 cm³/mol. The molecule has 0 unspecified atom stereocenters. The molecule has 2 aromatic carbocycles. The second kappa shape index (κ2) is 9.08. The molecule has 0 bridgehead atoms. The number of aliphatic hydroxyl groups is 2. The number of epoxide rings is 1. The van der Waals surface area contributed by atoms with E-state index in [4.69, 9.17) is 14.2 Å². The van der Waals surface area contributed by atoms with Gasteiger partial charge in [-0.25, -0.2) is 0 Å². The first kappa shape index (κ1) is 18.0. The van der Waals surface area contributed by atoms with Crippen molar-refractivity contribution >= 4 is 0 Å². The highest BCUT2D eigenvalue weighted by atomic mass is 16.6. The van der Waals surface area contributed by atoms with Gasteiger partial charge in [0.25, 0.3) is 0 Å². The molecule has 25 heavy (non-hydrogen) atoms. The number of aliphatic hydroxyl groups excluding tert-OH is 2. The van der Waals surface area contributed by atoms with E-state index >= 15 is 0 Å². The molecule has 2 aromatic rings. The van der Waals surface area contributed by atoms with E-state index in [0.717, 1.165) is 11.1 Å². The molecule has 1 aliphatic heterocycles. The molecule has 0 saturated carbocycles. The molecule has 4 atom stereocenters. The lowest BCUT2D eigenvalue weighted by molar-refractivity contribution is -0.0900. The first-order valence-corrected chi connectivity index (χ1v) is 8.49. The Bertz CT molecular complexity index is 618. The number of rotatable bonds is 10. The third-order valence-electron chi connectivity index (χ3n) is 4.19. The Morgan fingerprint density at radius 2 is 1.52 bits per heavy atom. The quantitative estimate of drug-likeness (QED) is 0.644. The van der Waals surface area contributed by atoms with Crippen molar-refractivity contribution in [2.24, 2.45) is 0 Å². The van der Waals surface area contributed by atoms with Crippen LogP contribution in [0, 0.1) is 0 Å². The number of hydrogen-bond acceptors (Lipinski definition) is 5. The van der Waals surface area contributed by atoms with E-state index < -0.39 is 12.2 Å². The molecule has 1 saturated heterocycles. The van der Waals surface area contributed by atoms with Crippen LogP contribution in [0.25, 0.3) is 0 Å². The van der Waals surface area contributed by atoms with Crippen molar-refractivity contribution in [3.8, 4) is 0 Å². The normalized spacial score (nSPS) is 21.7. The van der Waals surface area contributed by atoms with Crippen molar-refractivity contribution in [3.05, 3.63) is 71.8 Å². The van der Waals surface area contributed by atoms with Gasteiger partial charge in [0, 0.05) is 0 Å². The lowest BCUT2D eigenvalue weighted by Gasteiger charge is -2.22. The Labute approximate surface area is 147 Å². The lowest BCUT2D eigenvalue weighted by Crippen LogP contribution is -2.38. The number of benzene rings is 2. The van der Waals surface area contributed by atoms with Gasteiger partial charge in [0.05, 0.1) is 26.4 Å². The van der Waals surface area contributed by atoms with Gasteiger partial charge in [-0.3, -0.25) is 0 Å². The molecule has 1 aliphatic rings. The molecule has 0 spiro atoms. The van der Waals surface area contributed by atoms with E-state index in [0.29, 0.717) is 13.2 Å². The summed E-state index contributed by atoms with van der Waals surface area (Å²) < 4.78 is 16.9. The van der Waals surface area contributed by atoms with Gasteiger partial charge < -0.3 is 24.4 Å². The summed E-state index contributed by atoms with van der Waals surface area (Å²) in [6.45, 7) is 0.872. The topological polar surface area (TPSA) is 71.5 Å². The van der Waals surface area contributed by atoms with Crippen LogP contribution in [0.3, 0.4) is 0 Å². The van der Waals surface area contributed by atoms with E-state index in [-0.39, 0.29) is 25.4 Å². The highest BCUT2D eigenvalue weighted by molar-refractivity contribution is 5.14. The average Bonchev–Trinajstić information content (AvgIpc) is 3.43. The number of ether oxygens (including phenoxy) is 3. The maximum absolute atomic E-state index is 10.5. The summed E-state index contributed by atoms with van der Waals surface area (Å²) in [7, 11) is 0. The smallest absolute Gasteiger partial charge is 0.115 e. The average molecular weight is 344 g/mol. The van der Waals surface area contributed by atoms with E-state index in [1.807, 2.05) is 60.7 Å². The van der Waals surface area contributed by atoms with Gasteiger partial charge in [0.1, 0.15) is 24.4 Å². The van der Waals surface area contributed by atoms with Gasteiger partial charge >= 0.3 is 0 Å². The van der Waals surface area contributed by atoms with Crippen LogP contribution in [0.5, 0.6) is 0 Å². The molecular weight excluding hydrogens is 320 g/mol. The maximum Gasteiger partial charge on any atom is 0.115 e. The van der Waals surface area contributed by atoms with E-state index in [1.54, 1.807) is 0 Å². The van der Waals surface area contributed by atoms with Gasteiger partial charge in [-0.05, 0) is 11.1 Å². The van der Waals surface area contributed by atoms with Crippen molar-refractivity contribution in [3.63, 3.8) is 0 Å². The van der Waals surface area contributed by atoms with Gasteiger partial charge in [-0.2, -0.15) is 0 Å². The summed E-state index contributed by atoms with van der Waals surface area (Å²) in [6, 6.07) is 19.6. The fraction of sp³-hybridized carbons (Fsp3) is 0.400. The summed E-state index contributed by atoms with van der Waals surface area (Å²) in [5.74, 6) is 0. The zero-order valence-electron chi connectivity index (χ0n) is 14.0. The molecule has 0 amide bonds. The van der Waals surface area contributed by atoms with Crippen LogP contribution >= 0.6 is 0 Å². The van der Waals surface area contributed by atoms with Crippen molar-refractivity contribution < 1.29 is 24.4 Å². The molecular formula is C20H24O5. The standard InChI is InChI=1S/C20H24O5/c21-11-18-20(25-18)19(24-13-16-9-5-2-6-10-16)17(22)14-23-12-15-7-3-1-4-8-15/h1-10,17-22H,11-14H2/t17-,18+,19+,20-/m1/s1. The Kier molecular flexibility index (Phi) is 6.55. The minimum absolute atomic E-state index is 0.0759. The summed E-state index contributed by atoms with van der Waals surface area (Å²) in [4.78, 5) is 0. The molecule has 5 heteroatoms. The minimum atomic E-state index is -0.825. The largest absolute Gasteiger partial charge is 0.394 e. The molecule has 134 valence electrons. The van der Waals surface area contributed by atoms with Crippen molar-refractivity contribution in [1.29, 1.82) is 0 Å². The van der Waals surface area contributed by atoms with E-state index in [1.165, 1.54) is 0 Å². The highest BCUT2D eigenvalue weighted by Crippen LogP contribution is 2.29. The fourth-order valence-electron chi connectivity index (χ4n) is 2.75. The Hall–Kier alpha value is -1.76. The molecule has 1 fully saturated rings. The Balaban J connectivity index is 1.51. The van der Waals surface area contributed by atoms with Crippen LogP contribution in [0.4, 0.5) is 0 Å².